The van der Waals surface area contributed by atoms with E-state index in [9.17, 15) is 4.79 Å². The van der Waals surface area contributed by atoms with Crippen molar-refractivity contribution in [2.45, 2.75) is 40.2 Å². The third-order valence-electron chi connectivity index (χ3n) is 3.33. The number of nitrogens with zero attached hydrogens (tertiary/aromatic N) is 2. The van der Waals surface area contributed by atoms with E-state index >= 15 is 0 Å². The van der Waals surface area contributed by atoms with E-state index in [1.165, 1.54) is 6.42 Å². The molecule has 6 N–H and O–H groups in total. The molecule has 0 aliphatic rings. The number of aliphatic imine (C=N–C) groups is 1. The highest BCUT2D eigenvalue weighted by molar-refractivity contribution is 5.75. The number of rotatable bonds is 7. The third-order valence-corrected chi connectivity index (χ3v) is 3.33. The van der Waals surface area contributed by atoms with Gasteiger partial charge in [-0.3, -0.25) is 9.79 Å². The van der Waals surface area contributed by atoms with Crippen molar-refractivity contribution >= 4 is 5.96 Å². The van der Waals surface area contributed by atoms with E-state index in [2.05, 4.69) is 34.1 Å². The fraction of sp³-hybridized carbons (Fsp3) is 0.421. The van der Waals surface area contributed by atoms with Crippen LogP contribution in [-0.4, -0.2) is 29.0 Å². The van der Waals surface area contributed by atoms with Crippen LogP contribution in [0.15, 0.2) is 40.2 Å². The summed E-state index contributed by atoms with van der Waals surface area (Å²) in [5, 5.41) is 3.32. The standard InChI is InChI=1S/C16H22N6O.C3H8/c1-11-21-10-14(15(23)22-11)13-5-3-12(4-6-13)9-19-7-2-8-20-16(17)18;1-3-2/h3-6,10,19H,2,7-9H2,1H3,(H4,17,18,20)(H,21,22,23);3H2,1-2H3. The van der Waals surface area contributed by atoms with E-state index in [4.69, 9.17) is 11.5 Å². The fourth-order valence-corrected chi connectivity index (χ4v) is 2.14. The number of nitrogens with one attached hydrogen (secondary N) is 2. The van der Waals surface area contributed by atoms with Gasteiger partial charge >= 0.3 is 0 Å². The molecule has 1 aromatic heterocycles. The molecule has 1 heterocycles. The number of guanidine groups is 1. The van der Waals surface area contributed by atoms with Crippen molar-refractivity contribution in [3.8, 4) is 11.1 Å². The molecule has 0 amide bonds. The molecule has 0 bridgehead atoms. The smallest absolute Gasteiger partial charge is 0.258 e. The van der Waals surface area contributed by atoms with Crippen LogP contribution in [0.4, 0.5) is 0 Å². The summed E-state index contributed by atoms with van der Waals surface area (Å²) >= 11 is 0. The monoisotopic (exact) mass is 358 g/mol. The van der Waals surface area contributed by atoms with Gasteiger partial charge in [-0.05, 0) is 31.0 Å². The fourth-order valence-electron chi connectivity index (χ4n) is 2.14. The van der Waals surface area contributed by atoms with Crippen LogP contribution >= 0.6 is 0 Å². The first-order valence-electron chi connectivity index (χ1n) is 8.89. The Bertz CT molecular complexity index is 732. The second-order valence-electron chi connectivity index (χ2n) is 5.95. The summed E-state index contributed by atoms with van der Waals surface area (Å²) in [6.45, 7) is 8.22. The van der Waals surface area contributed by atoms with Gasteiger partial charge < -0.3 is 21.8 Å². The van der Waals surface area contributed by atoms with Gasteiger partial charge in [-0.2, -0.15) is 0 Å². The number of hydrogen-bond acceptors (Lipinski definition) is 4. The average Bonchev–Trinajstić information content (AvgIpc) is 2.59. The van der Waals surface area contributed by atoms with E-state index in [-0.39, 0.29) is 11.5 Å². The highest BCUT2D eigenvalue weighted by atomic mass is 16.1. The molecule has 0 radical (unpaired) electrons. The minimum Gasteiger partial charge on any atom is -0.370 e. The molecule has 0 aliphatic carbocycles. The number of aryl methyl sites for hydroxylation is 1. The Morgan fingerprint density at radius 3 is 2.46 bits per heavy atom. The molecular weight excluding hydrogens is 328 g/mol. The summed E-state index contributed by atoms with van der Waals surface area (Å²) in [6.07, 6.45) is 3.73. The minimum absolute atomic E-state index is 0.122. The number of aromatic nitrogens is 2. The topological polar surface area (TPSA) is 122 Å². The maximum Gasteiger partial charge on any atom is 0.258 e. The van der Waals surface area contributed by atoms with Crippen molar-refractivity contribution in [2.24, 2.45) is 16.5 Å². The van der Waals surface area contributed by atoms with Crippen LogP contribution in [0.2, 0.25) is 0 Å². The first-order chi connectivity index (χ1) is 12.5. The lowest BCUT2D eigenvalue weighted by Crippen LogP contribution is -2.23. The molecule has 1 aromatic carbocycles. The predicted octanol–water partition coefficient (Wildman–Crippen LogP) is 1.91. The van der Waals surface area contributed by atoms with E-state index in [1.54, 1.807) is 13.1 Å². The molecule has 142 valence electrons. The first-order valence-corrected chi connectivity index (χ1v) is 8.89. The second kappa shape index (κ2) is 11.8. The lowest BCUT2D eigenvalue weighted by atomic mass is 10.1. The molecule has 0 saturated carbocycles. The molecule has 7 heteroatoms. The van der Waals surface area contributed by atoms with E-state index < -0.39 is 0 Å². The molecule has 0 atom stereocenters. The van der Waals surface area contributed by atoms with E-state index in [0.717, 1.165) is 30.6 Å². The van der Waals surface area contributed by atoms with E-state index in [0.29, 0.717) is 17.9 Å². The number of benzene rings is 1. The third kappa shape index (κ3) is 7.94. The Kier molecular flexibility index (Phi) is 9.71. The molecule has 0 aliphatic heterocycles. The summed E-state index contributed by atoms with van der Waals surface area (Å²) < 4.78 is 0. The average molecular weight is 358 g/mol. The highest BCUT2D eigenvalue weighted by Gasteiger charge is 2.04. The Labute approximate surface area is 155 Å². The van der Waals surface area contributed by atoms with Crippen molar-refractivity contribution in [3.63, 3.8) is 0 Å². The lowest BCUT2D eigenvalue weighted by molar-refractivity contribution is 0.655. The zero-order valence-corrected chi connectivity index (χ0v) is 15.9. The molecule has 2 rings (SSSR count). The Morgan fingerprint density at radius 1 is 1.23 bits per heavy atom. The van der Waals surface area contributed by atoms with E-state index in [1.807, 2.05) is 24.3 Å². The van der Waals surface area contributed by atoms with Crippen molar-refractivity contribution in [1.29, 1.82) is 0 Å². The highest BCUT2D eigenvalue weighted by Crippen LogP contribution is 2.15. The summed E-state index contributed by atoms with van der Waals surface area (Å²) in [5.74, 6) is 0.737. The summed E-state index contributed by atoms with van der Waals surface area (Å²) in [4.78, 5) is 22.7. The normalized spacial score (nSPS) is 9.96. The van der Waals surface area contributed by atoms with Crippen molar-refractivity contribution < 1.29 is 0 Å². The van der Waals surface area contributed by atoms with Crippen LogP contribution in [-0.2, 0) is 6.54 Å². The van der Waals surface area contributed by atoms with Crippen LogP contribution in [0.3, 0.4) is 0 Å². The van der Waals surface area contributed by atoms with Crippen LogP contribution in [0.5, 0.6) is 0 Å². The molecule has 0 saturated heterocycles. The zero-order chi connectivity index (χ0) is 19.4. The maximum absolute atomic E-state index is 11.9. The maximum atomic E-state index is 11.9. The largest absolute Gasteiger partial charge is 0.370 e. The predicted molar refractivity (Wildman–Crippen MR) is 108 cm³/mol. The summed E-state index contributed by atoms with van der Waals surface area (Å²) in [7, 11) is 0. The molecule has 0 spiro atoms. The quantitative estimate of drug-likeness (QED) is 0.342. The molecule has 0 fully saturated rings. The van der Waals surface area contributed by atoms with Crippen LogP contribution in [0.25, 0.3) is 11.1 Å². The second-order valence-corrected chi connectivity index (χ2v) is 5.95. The minimum atomic E-state index is -0.122. The number of nitrogens with two attached hydrogens (primary N) is 2. The summed E-state index contributed by atoms with van der Waals surface area (Å²) in [6, 6.07) is 7.85. The van der Waals surface area contributed by atoms with Crippen LogP contribution in [0, 0.1) is 6.92 Å². The van der Waals surface area contributed by atoms with Gasteiger partial charge in [0.2, 0.25) is 0 Å². The molecule has 26 heavy (non-hydrogen) atoms. The van der Waals surface area contributed by atoms with Crippen molar-refractivity contribution in [3.05, 3.63) is 52.2 Å². The van der Waals surface area contributed by atoms with Gasteiger partial charge in [-0.25, -0.2) is 4.98 Å². The molecule has 7 nitrogen and oxygen atoms in total. The van der Waals surface area contributed by atoms with Crippen LogP contribution in [0.1, 0.15) is 38.1 Å². The zero-order valence-electron chi connectivity index (χ0n) is 15.9. The van der Waals surface area contributed by atoms with Crippen molar-refractivity contribution in [2.75, 3.05) is 13.1 Å². The first kappa shape index (κ1) is 21.4. The molecule has 0 unspecified atom stereocenters. The van der Waals surface area contributed by atoms with Crippen LogP contribution < -0.4 is 22.3 Å². The van der Waals surface area contributed by atoms with Gasteiger partial charge in [-0.15, -0.1) is 0 Å². The summed E-state index contributed by atoms with van der Waals surface area (Å²) in [5.41, 5.74) is 13.0. The molecule has 2 aromatic rings. The SMILES string of the molecule is CCC.Cc1ncc(-c2ccc(CNCCCN=C(N)N)cc2)c(=O)[nH]1. The van der Waals surface area contributed by atoms with Gasteiger partial charge in [0.1, 0.15) is 5.82 Å². The number of H-pyrrole nitrogens is 1. The Balaban J connectivity index is 0.00000105. The number of hydrogen-bond donors (Lipinski definition) is 4. The van der Waals surface area contributed by atoms with Gasteiger partial charge in [-0.1, -0.05) is 44.5 Å². The van der Waals surface area contributed by atoms with Gasteiger partial charge in [0.15, 0.2) is 5.96 Å². The number of aromatic amines is 1. The molecular formula is C19H30N6O. The lowest BCUT2D eigenvalue weighted by Gasteiger charge is -2.06. The Morgan fingerprint density at radius 2 is 1.88 bits per heavy atom. The van der Waals surface area contributed by atoms with Gasteiger partial charge in [0.05, 0.1) is 5.56 Å². The van der Waals surface area contributed by atoms with Gasteiger partial charge in [0, 0.05) is 19.3 Å². The van der Waals surface area contributed by atoms with Crippen molar-refractivity contribution in [1.82, 2.24) is 15.3 Å². The Hall–Kier alpha value is -2.67. The van der Waals surface area contributed by atoms with Gasteiger partial charge in [0.25, 0.3) is 5.56 Å².